The summed E-state index contributed by atoms with van der Waals surface area (Å²) in [6.45, 7) is 9.05. The van der Waals surface area contributed by atoms with Crippen molar-refractivity contribution >= 4 is 24.2 Å². The highest BCUT2D eigenvalue weighted by molar-refractivity contribution is 5.95. The second kappa shape index (κ2) is 8.21. The lowest BCUT2D eigenvalue weighted by molar-refractivity contribution is -0.140. The molecule has 2 amide bonds. The van der Waals surface area contributed by atoms with Crippen molar-refractivity contribution in [3.05, 3.63) is 23.2 Å². The van der Waals surface area contributed by atoms with E-state index in [9.17, 15) is 9.59 Å². The molecule has 0 radical (unpaired) electrons. The van der Waals surface area contributed by atoms with E-state index in [2.05, 4.69) is 5.32 Å². The van der Waals surface area contributed by atoms with E-state index in [0.717, 1.165) is 5.76 Å². The SMILES string of the molecule is Cc1cc(C(=O)N2CCN(C(=O)[C@H]3NCCO[C@@H]3C)CC2)c(C)o1.Cl. The number of rotatable bonds is 2. The number of nitrogens with one attached hydrogen (secondary N) is 1. The Hall–Kier alpha value is -1.57. The molecule has 0 bridgehead atoms. The van der Waals surface area contributed by atoms with E-state index in [1.807, 2.05) is 18.7 Å². The molecular formula is C17H26ClN3O4. The van der Waals surface area contributed by atoms with E-state index in [4.69, 9.17) is 9.15 Å². The van der Waals surface area contributed by atoms with Gasteiger partial charge in [0.15, 0.2) is 0 Å². The maximum Gasteiger partial charge on any atom is 0.257 e. The fourth-order valence-corrected chi connectivity index (χ4v) is 3.35. The van der Waals surface area contributed by atoms with E-state index in [1.54, 1.807) is 17.9 Å². The van der Waals surface area contributed by atoms with Gasteiger partial charge in [0, 0.05) is 32.7 Å². The Morgan fingerprint density at radius 2 is 1.80 bits per heavy atom. The van der Waals surface area contributed by atoms with E-state index in [1.165, 1.54) is 0 Å². The van der Waals surface area contributed by atoms with Crippen molar-refractivity contribution in [3.8, 4) is 0 Å². The lowest BCUT2D eigenvalue weighted by Crippen LogP contribution is -2.60. The number of ether oxygens (including phenoxy) is 1. The minimum atomic E-state index is -0.292. The number of morpholine rings is 1. The van der Waals surface area contributed by atoms with Crippen molar-refractivity contribution in [3.63, 3.8) is 0 Å². The zero-order valence-corrected chi connectivity index (χ0v) is 15.7. The Bertz CT molecular complexity index is 625. The number of nitrogens with zero attached hydrogens (tertiary/aromatic N) is 2. The van der Waals surface area contributed by atoms with Gasteiger partial charge in [0.05, 0.1) is 18.3 Å². The summed E-state index contributed by atoms with van der Waals surface area (Å²) in [6.07, 6.45) is -0.123. The van der Waals surface area contributed by atoms with Crippen LogP contribution in [0, 0.1) is 13.8 Å². The van der Waals surface area contributed by atoms with Gasteiger partial charge in [-0.05, 0) is 26.8 Å². The van der Waals surface area contributed by atoms with Crippen LogP contribution in [0.3, 0.4) is 0 Å². The fourth-order valence-electron chi connectivity index (χ4n) is 3.35. The quantitative estimate of drug-likeness (QED) is 0.838. The van der Waals surface area contributed by atoms with Crippen molar-refractivity contribution in [1.29, 1.82) is 0 Å². The number of amides is 2. The normalized spacial score (nSPS) is 24.0. The predicted molar refractivity (Wildman–Crippen MR) is 95.1 cm³/mol. The lowest BCUT2D eigenvalue weighted by atomic mass is 10.1. The van der Waals surface area contributed by atoms with Gasteiger partial charge in [-0.15, -0.1) is 12.4 Å². The number of aryl methyl sites for hydroxylation is 2. The Morgan fingerprint density at radius 1 is 1.16 bits per heavy atom. The molecular weight excluding hydrogens is 346 g/mol. The molecule has 0 aliphatic carbocycles. The van der Waals surface area contributed by atoms with Crippen molar-refractivity contribution in [2.45, 2.75) is 32.9 Å². The molecule has 3 rings (SSSR count). The highest BCUT2D eigenvalue weighted by Crippen LogP contribution is 2.18. The topological polar surface area (TPSA) is 75.0 Å². The minimum Gasteiger partial charge on any atom is -0.466 e. The van der Waals surface area contributed by atoms with Crippen LogP contribution in [0.1, 0.15) is 28.8 Å². The van der Waals surface area contributed by atoms with Crippen molar-refractivity contribution in [2.75, 3.05) is 39.3 Å². The zero-order valence-electron chi connectivity index (χ0n) is 14.9. The zero-order chi connectivity index (χ0) is 17.3. The third-order valence-electron chi connectivity index (χ3n) is 4.73. The van der Waals surface area contributed by atoms with Crippen molar-refractivity contribution in [2.24, 2.45) is 0 Å². The van der Waals surface area contributed by atoms with Gasteiger partial charge < -0.3 is 24.3 Å². The number of carbonyl (C=O) groups is 2. The van der Waals surface area contributed by atoms with Crippen LogP contribution >= 0.6 is 12.4 Å². The molecule has 1 aromatic heterocycles. The first-order valence-electron chi connectivity index (χ1n) is 8.47. The maximum atomic E-state index is 12.6. The van der Waals surface area contributed by atoms with Crippen LogP contribution in [-0.2, 0) is 9.53 Å². The highest BCUT2D eigenvalue weighted by atomic mass is 35.5. The number of piperazine rings is 1. The highest BCUT2D eigenvalue weighted by Gasteiger charge is 2.34. The molecule has 0 aromatic carbocycles. The van der Waals surface area contributed by atoms with Crippen LogP contribution in [-0.4, -0.2) is 73.1 Å². The summed E-state index contributed by atoms with van der Waals surface area (Å²) in [5, 5.41) is 3.23. The monoisotopic (exact) mass is 371 g/mol. The van der Waals surface area contributed by atoms with Crippen LogP contribution in [0.5, 0.6) is 0 Å². The lowest BCUT2D eigenvalue weighted by Gasteiger charge is -2.38. The number of furan rings is 1. The van der Waals surface area contributed by atoms with Crippen molar-refractivity contribution in [1.82, 2.24) is 15.1 Å². The van der Waals surface area contributed by atoms with Gasteiger partial charge in [0.1, 0.15) is 17.6 Å². The van der Waals surface area contributed by atoms with Crippen LogP contribution in [0.4, 0.5) is 0 Å². The fraction of sp³-hybridized carbons (Fsp3) is 0.647. The first kappa shape index (κ1) is 19.8. The molecule has 0 spiro atoms. The largest absolute Gasteiger partial charge is 0.466 e. The average Bonchev–Trinajstić information content (AvgIpc) is 2.92. The maximum absolute atomic E-state index is 12.6. The Balaban J connectivity index is 0.00000225. The molecule has 140 valence electrons. The van der Waals surface area contributed by atoms with Crippen LogP contribution in [0.15, 0.2) is 10.5 Å². The second-order valence-electron chi connectivity index (χ2n) is 6.45. The van der Waals surface area contributed by atoms with Crippen LogP contribution in [0.25, 0.3) is 0 Å². The number of hydrogen-bond acceptors (Lipinski definition) is 5. The second-order valence-corrected chi connectivity index (χ2v) is 6.45. The Kier molecular flexibility index (Phi) is 6.48. The van der Waals surface area contributed by atoms with Gasteiger partial charge in [0.25, 0.3) is 5.91 Å². The molecule has 0 saturated carbocycles. The summed E-state index contributed by atoms with van der Waals surface area (Å²) in [4.78, 5) is 28.8. The molecule has 25 heavy (non-hydrogen) atoms. The van der Waals surface area contributed by atoms with Gasteiger partial charge >= 0.3 is 0 Å². The van der Waals surface area contributed by atoms with Gasteiger partial charge in [-0.1, -0.05) is 0 Å². The molecule has 2 aliphatic rings. The third kappa shape index (κ3) is 4.16. The smallest absolute Gasteiger partial charge is 0.257 e. The predicted octanol–water partition coefficient (Wildman–Crippen LogP) is 0.980. The summed E-state index contributed by atoms with van der Waals surface area (Å²) < 4.78 is 11.0. The van der Waals surface area contributed by atoms with E-state index >= 15 is 0 Å². The van der Waals surface area contributed by atoms with Gasteiger partial charge in [-0.25, -0.2) is 0 Å². The van der Waals surface area contributed by atoms with E-state index < -0.39 is 0 Å². The number of hydrogen-bond donors (Lipinski definition) is 1. The average molecular weight is 372 g/mol. The van der Waals surface area contributed by atoms with Crippen molar-refractivity contribution < 1.29 is 18.7 Å². The number of halogens is 1. The molecule has 7 nitrogen and oxygen atoms in total. The molecule has 1 N–H and O–H groups in total. The standard InChI is InChI=1S/C17H25N3O4.ClH/c1-11-10-14(12(2)24-11)16(21)19-5-7-20(8-6-19)17(22)15-13(3)23-9-4-18-15;/h10,13,15,18H,4-9H2,1-3H3;1H/t13-,15+;/m1./s1. The summed E-state index contributed by atoms with van der Waals surface area (Å²) >= 11 is 0. The first-order valence-corrected chi connectivity index (χ1v) is 8.47. The summed E-state index contributed by atoms with van der Waals surface area (Å²) in [5.41, 5.74) is 0.614. The number of carbonyl (C=O) groups excluding carboxylic acids is 2. The van der Waals surface area contributed by atoms with E-state index in [-0.39, 0.29) is 36.4 Å². The Labute approximate surface area is 154 Å². The molecule has 2 atom stereocenters. The molecule has 0 unspecified atom stereocenters. The third-order valence-corrected chi connectivity index (χ3v) is 4.73. The molecule has 3 heterocycles. The molecule has 2 saturated heterocycles. The summed E-state index contributed by atoms with van der Waals surface area (Å²) in [6, 6.07) is 1.49. The molecule has 1 aromatic rings. The molecule has 8 heteroatoms. The first-order chi connectivity index (χ1) is 11.5. The summed E-state index contributed by atoms with van der Waals surface area (Å²) in [7, 11) is 0. The Morgan fingerprint density at radius 3 is 2.36 bits per heavy atom. The van der Waals surface area contributed by atoms with Crippen LogP contribution in [0.2, 0.25) is 0 Å². The van der Waals surface area contributed by atoms with Gasteiger partial charge in [-0.2, -0.15) is 0 Å². The van der Waals surface area contributed by atoms with Crippen LogP contribution < -0.4 is 5.32 Å². The molecule has 2 aliphatic heterocycles. The minimum absolute atomic E-state index is 0. The van der Waals surface area contributed by atoms with E-state index in [0.29, 0.717) is 50.7 Å². The van der Waals surface area contributed by atoms with Gasteiger partial charge in [-0.3, -0.25) is 9.59 Å². The van der Waals surface area contributed by atoms with Gasteiger partial charge in [0.2, 0.25) is 5.91 Å². The summed E-state index contributed by atoms with van der Waals surface area (Å²) in [5.74, 6) is 1.42. The molecule has 2 fully saturated rings.